The molecule has 0 unspecified atom stereocenters. The molecule has 0 bridgehead atoms. The lowest BCUT2D eigenvalue weighted by molar-refractivity contribution is -0.0637. The molecule has 3 saturated carbocycles. The summed E-state index contributed by atoms with van der Waals surface area (Å²) in [6.45, 7) is 15.1. The van der Waals surface area contributed by atoms with Gasteiger partial charge in [0, 0.05) is 0 Å². The van der Waals surface area contributed by atoms with Gasteiger partial charge in [-0.1, -0.05) is 78.2 Å². The molecule has 0 spiro atoms. The lowest BCUT2D eigenvalue weighted by Crippen LogP contribution is -2.51. The number of carbonyl (C=O) groups is 1. The highest BCUT2D eigenvalue weighted by Crippen LogP contribution is 2.67. The van der Waals surface area contributed by atoms with Gasteiger partial charge in [-0.25, -0.2) is 4.79 Å². The third kappa shape index (κ3) is 4.96. The van der Waals surface area contributed by atoms with E-state index in [-0.39, 0.29) is 12.1 Å². The smallest absolute Gasteiger partial charge is 0.338 e. The Hall–Kier alpha value is -1.57. The van der Waals surface area contributed by atoms with Crippen molar-refractivity contribution in [2.75, 3.05) is 0 Å². The molecule has 37 heavy (non-hydrogen) atoms. The predicted octanol–water partition coefficient (Wildman–Crippen LogP) is 9.50. The molecule has 3 fully saturated rings. The maximum atomic E-state index is 12.7. The fourth-order valence-corrected chi connectivity index (χ4v) is 9.60. The molecule has 5 rings (SSSR count). The van der Waals surface area contributed by atoms with Crippen molar-refractivity contribution in [2.45, 2.75) is 112 Å². The van der Waals surface area contributed by atoms with Gasteiger partial charge in [0.1, 0.15) is 6.10 Å². The van der Waals surface area contributed by atoms with E-state index < -0.39 is 0 Å². The van der Waals surface area contributed by atoms with Gasteiger partial charge in [-0.3, -0.25) is 0 Å². The summed E-state index contributed by atoms with van der Waals surface area (Å²) in [5.41, 5.74) is 3.10. The van der Waals surface area contributed by atoms with E-state index in [9.17, 15) is 4.79 Å². The van der Waals surface area contributed by atoms with E-state index >= 15 is 0 Å². The Morgan fingerprint density at radius 2 is 1.68 bits per heavy atom. The van der Waals surface area contributed by atoms with E-state index in [0.717, 1.165) is 47.8 Å². The minimum absolute atomic E-state index is 0.0638. The van der Waals surface area contributed by atoms with Crippen molar-refractivity contribution in [2.24, 2.45) is 52.3 Å². The van der Waals surface area contributed by atoms with Gasteiger partial charge < -0.3 is 4.74 Å². The van der Waals surface area contributed by atoms with Crippen LogP contribution in [0, 0.1) is 52.3 Å². The van der Waals surface area contributed by atoms with Crippen LogP contribution in [0.3, 0.4) is 0 Å². The third-order valence-corrected chi connectivity index (χ3v) is 12.3. The van der Waals surface area contributed by atoms with E-state index in [4.69, 9.17) is 4.74 Å². The zero-order valence-corrected chi connectivity index (χ0v) is 24.5. The van der Waals surface area contributed by atoms with Crippen LogP contribution in [-0.2, 0) is 4.74 Å². The number of ether oxygens (including phenoxy) is 1. The largest absolute Gasteiger partial charge is 0.455 e. The second kappa shape index (κ2) is 10.5. The molecule has 4 aliphatic carbocycles. The first kappa shape index (κ1) is 27.0. The molecule has 0 aromatic heterocycles. The standard InChI is InChI=1S/C35H52O2/c1-23(2)24(3)12-13-25(4)30-16-17-31-29-15-14-27-22-28(37-33(36)26-10-8-7-9-11-26)18-20-34(27,5)32(29)19-21-35(30,31)6/h7-11,22-25,28-32H,12-21H2,1-6H3/t24-,25+,28-,29+,30+,31+,32+,34-,35+/m0/s1. The summed E-state index contributed by atoms with van der Waals surface area (Å²) in [5.74, 6) is 5.84. The molecule has 0 saturated heterocycles. The first-order valence-corrected chi connectivity index (χ1v) is 15.6. The first-order chi connectivity index (χ1) is 17.6. The lowest BCUT2D eigenvalue weighted by atomic mass is 9.46. The van der Waals surface area contributed by atoms with Gasteiger partial charge in [0.2, 0.25) is 0 Å². The molecule has 9 atom stereocenters. The number of rotatable bonds is 7. The summed E-state index contributed by atoms with van der Waals surface area (Å²) in [7, 11) is 0. The van der Waals surface area contributed by atoms with Crippen molar-refractivity contribution in [1.29, 1.82) is 0 Å². The molecular weight excluding hydrogens is 452 g/mol. The monoisotopic (exact) mass is 504 g/mol. The molecular formula is C35H52O2. The molecule has 2 nitrogen and oxygen atoms in total. The molecule has 0 radical (unpaired) electrons. The Morgan fingerprint density at radius 3 is 2.41 bits per heavy atom. The summed E-state index contributed by atoms with van der Waals surface area (Å²) in [4.78, 5) is 12.7. The Bertz CT molecular complexity index is 978. The van der Waals surface area contributed by atoms with E-state index in [0.29, 0.717) is 16.4 Å². The van der Waals surface area contributed by atoms with Crippen molar-refractivity contribution < 1.29 is 9.53 Å². The summed E-state index contributed by atoms with van der Waals surface area (Å²) in [6, 6.07) is 9.47. The summed E-state index contributed by atoms with van der Waals surface area (Å²) in [5, 5.41) is 0. The van der Waals surface area contributed by atoms with E-state index in [1.165, 1.54) is 57.8 Å². The van der Waals surface area contributed by atoms with Crippen molar-refractivity contribution in [3.05, 3.63) is 47.5 Å². The second-order valence-corrected chi connectivity index (χ2v) is 14.4. The fourth-order valence-electron chi connectivity index (χ4n) is 9.60. The maximum Gasteiger partial charge on any atom is 0.338 e. The molecule has 0 heterocycles. The van der Waals surface area contributed by atoms with Crippen molar-refractivity contribution in [3.8, 4) is 0 Å². The molecule has 1 aromatic carbocycles. The highest BCUT2D eigenvalue weighted by molar-refractivity contribution is 5.89. The maximum absolute atomic E-state index is 12.7. The molecule has 4 aliphatic rings. The molecule has 0 aliphatic heterocycles. The van der Waals surface area contributed by atoms with Crippen LogP contribution in [0.25, 0.3) is 0 Å². The molecule has 0 amide bonds. The SMILES string of the molecule is CC(C)[C@@H](C)CC[C@@H](C)[C@H]1CC[C@@H]2[C@H]3CCC4=C[C@@H](OC(=O)c5ccccc5)CC[C@]4(C)[C@@H]3CC[C@@]21C. The average Bonchev–Trinajstić information content (AvgIpc) is 3.25. The van der Waals surface area contributed by atoms with Crippen LogP contribution < -0.4 is 0 Å². The number of benzene rings is 1. The quantitative estimate of drug-likeness (QED) is 0.273. The van der Waals surface area contributed by atoms with E-state index in [1.807, 2.05) is 30.3 Å². The number of hydrogen-bond donors (Lipinski definition) is 0. The average molecular weight is 505 g/mol. The highest BCUT2D eigenvalue weighted by atomic mass is 16.5. The van der Waals surface area contributed by atoms with E-state index in [2.05, 4.69) is 47.6 Å². The zero-order valence-electron chi connectivity index (χ0n) is 24.5. The van der Waals surface area contributed by atoms with Crippen LogP contribution >= 0.6 is 0 Å². The minimum atomic E-state index is -0.179. The van der Waals surface area contributed by atoms with Crippen LogP contribution in [0.15, 0.2) is 42.0 Å². The topological polar surface area (TPSA) is 26.3 Å². The Labute approximate surface area is 227 Å². The first-order valence-electron chi connectivity index (χ1n) is 15.6. The highest BCUT2D eigenvalue weighted by Gasteiger charge is 2.59. The second-order valence-electron chi connectivity index (χ2n) is 14.4. The number of carbonyl (C=O) groups excluding carboxylic acids is 1. The Morgan fingerprint density at radius 1 is 0.919 bits per heavy atom. The summed E-state index contributed by atoms with van der Waals surface area (Å²) >= 11 is 0. The number of hydrogen-bond acceptors (Lipinski definition) is 2. The molecule has 1 aromatic rings. The lowest BCUT2D eigenvalue weighted by Gasteiger charge is -2.59. The van der Waals surface area contributed by atoms with Gasteiger partial charge in [0.25, 0.3) is 0 Å². The normalized spacial score (nSPS) is 38.7. The number of fused-ring (bicyclic) bond motifs is 5. The number of allylic oxidation sites excluding steroid dienone is 1. The minimum Gasteiger partial charge on any atom is -0.455 e. The predicted molar refractivity (Wildman–Crippen MR) is 153 cm³/mol. The number of esters is 1. The fraction of sp³-hybridized carbons (Fsp3) is 0.743. The molecule has 2 heteroatoms. The van der Waals surface area contributed by atoms with Gasteiger partial charge in [-0.15, -0.1) is 0 Å². The van der Waals surface area contributed by atoms with Crippen LogP contribution in [0.5, 0.6) is 0 Å². The van der Waals surface area contributed by atoms with Gasteiger partial charge in [-0.05, 0) is 122 Å². The molecule has 0 N–H and O–H groups in total. The van der Waals surface area contributed by atoms with Gasteiger partial charge >= 0.3 is 5.97 Å². The van der Waals surface area contributed by atoms with Gasteiger partial charge in [0.05, 0.1) is 5.56 Å². The van der Waals surface area contributed by atoms with Crippen LogP contribution in [-0.4, -0.2) is 12.1 Å². The third-order valence-electron chi connectivity index (χ3n) is 12.3. The van der Waals surface area contributed by atoms with Gasteiger partial charge in [-0.2, -0.15) is 0 Å². The Kier molecular flexibility index (Phi) is 7.69. The summed E-state index contributed by atoms with van der Waals surface area (Å²) < 4.78 is 5.97. The van der Waals surface area contributed by atoms with Gasteiger partial charge in [0.15, 0.2) is 0 Å². The summed E-state index contributed by atoms with van der Waals surface area (Å²) in [6.07, 6.45) is 15.5. The van der Waals surface area contributed by atoms with Crippen molar-refractivity contribution in [1.82, 2.24) is 0 Å². The van der Waals surface area contributed by atoms with Crippen LogP contribution in [0.1, 0.15) is 116 Å². The Balaban J connectivity index is 1.26. The van der Waals surface area contributed by atoms with Crippen molar-refractivity contribution in [3.63, 3.8) is 0 Å². The zero-order chi connectivity index (χ0) is 26.4. The molecule has 204 valence electrons. The van der Waals surface area contributed by atoms with Crippen LogP contribution in [0.4, 0.5) is 0 Å². The van der Waals surface area contributed by atoms with Crippen LogP contribution in [0.2, 0.25) is 0 Å². The van der Waals surface area contributed by atoms with E-state index in [1.54, 1.807) is 5.57 Å². The van der Waals surface area contributed by atoms with Crippen molar-refractivity contribution >= 4 is 5.97 Å².